The van der Waals surface area contributed by atoms with Gasteiger partial charge < -0.3 is 15.7 Å². The number of aliphatic hydroxyl groups is 1. The Hall–Kier alpha value is -2.06. The summed E-state index contributed by atoms with van der Waals surface area (Å²) in [5.74, 6) is -1.71. The molecule has 2 amide bonds. The van der Waals surface area contributed by atoms with E-state index >= 15 is 0 Å². The van der Waals surface area contributed by atoms with Gasteiger partial charge in [-0.3, -0.25) is 0 Å². The second-order valence-corrected chi connectivity index (χ2v) is 6.30. The van der Waals surface area contributed by atoms with E-state index in [9.17, 15) is 18.7 Å². The van der Waals surface area contributed by atoms with Gasteiger partial charge in [0.2, 0.25) is 0 Å². The maximum absolute atomic E-state index is 13.5. The van der Waals surface area contributed by atoms with E-state index < -0.39 is 29.3 Å². The lowest BCUT2D eigenvalue weighted by molar-refractivity contribution is 0.164. The topological polar surface area (TPSA) is 74.2 Å². The minimum Gasteiger partial charge on any atom is -0.386 e. The van der Waals surface area contributed by atoms with Crippen molar-refractivity contribution >= 4 is 17.4 Å². The molecule has 2 unspecified atom stereocenters. The molecule has 124 valence electrons. The van der Waals surface area contributed by atoms with Gasteiger partial charge in [-0.1, -0.05) is 6.07 Å². The minimum absolute atomic E-state index is 0.309. The SMILES string of the molecule is Cc1cnc(C(C)NC(=O)NCC(O)c2c(F)cccc2F)s1. The number of amides is 2. The number of aryl methyl sites for hydroxylation is 1. The highest BCUT2D eigenvalue weighted by Crippen LogP contribution is 2.20. The Morgan fingerprint density at radius 1 is 1.39 bits per heavy atom. The number of rotatable bonds is 5. The fourth-order valence-corrected chi connectivity index (χ4v) is 2.78. The lowest BCUT2D eigenvalue weighted by atomic mass is 10.1. The molecule has 0 radical (unpaired) electrons. The summed E-state index contributed by atoms with van der Waals surface area (Å²) < 4.78 is 27.0. The van der Waals surface area contributed by atoms with Gasteiger partial charge in [0.25, 0.3) is 0 Å². The average Bonchev–Trinajstić information content (AvgIpc) is 2.91. The van der Waals surface area contributed by atoms with Crippen molar-refractivity contribution in [3.8, 4) is 0 Å². The van der Waals surface area contributed by atoms with Crippen LogP contribution in [0.15, 0.2) is 24.4 Å². The molecule has 0 saturated heterocycles. The molecule has 8 heteroatoms. The van der Waals surface area contributed by atoms with Gasteiger partial charge in [0.1, 0.15) is 22.7 Å². The Morgan fingerprint density at radius 3 is 2.61 bits per heavy atom. The molecule has 1 heterocycles. The van der Waals surface area contributed by atoms with Crippen molar-refractivity contribution in [1.29, 1.82) is 0 Å². The van der Waals surface area contributed by atoms with E-state index in [1.165, 1.54) is 17.4 Å². The predicted octanol–water partition coefficient (Wildman–Crippen LogP) is 2.82. The van der Waals surface area contributed by atoms with E-state index in [-0.39, 0.29) is 12.6 Å². The summed E-state index contributed by atoms with van der Waals surface area (Å²) >= 11 is 1.46. The molecule has 5 nitrogen and oxygen atoms in total. The summed E-state index contributed by atoms with van der Waals surface area (Å²) in [6.07, 6.45) is 0.236. The third kappa shape index (κ3) is 4.46. The summed E-state index contributed by atoms with van der Waals surface area (Å²) in [5, 5.41) is 15.6. The molecule has 1 aromatic carbocycles. The van der Waals surface area contributed by atoms with Gasteiger partial charge in [0, 0.05) is 17.6 Å². The Balaban J connectivity index is 1.89. The number of aromatic nitrogens is 1. The molecule has 0 saturated carbocycles. The van der Waals surface area contributed by atoms with Crippen LogP contribution >= 0.6 is 11.3 Å². The van der Waals surface area contributed by atoms with Crippen LogP contribution in [-0.4, -0.2) is 22.7 Å². The fraction of sp³-hybridized carbons (Fsp3) is 0.333. The first-order valence-corrected chi connectivity index (χ1v) is 7.78. The lowest BCUT2D eigenvalue weighted by Gasteiger charge is -2.16. The van der Waals surface area contributed by atoms with Crippen molar-refractivity contribution in [2.75, 3.05) is 6.54 Å². The van der Waals surface area contributed by atoms with E-state index in [1.807, 2.05) is 6.92 Å². The standard InChI is InChI=1S/C15H17F2N3O2S/c1-8-6-18-14(23-8)9(2)20-15(22)19-7-12(21)13-10(16)4-3-5-11(13)17/h3-6,9,12,21H,7H2,1-2H3,(H2,19,20,22). The van der Waals surface area contributed by atoms with Crippen LogP contribution < -0.4 is 10.6 Å². The molecule has 0 spiro atoms. The molecule has 2 atom stereocenters. The molecule has 23 heavy (non-hydrogen) atoms. The Bertz CT molecular complexity index is 673. The van der Waals surface area contributed by atoms with Crippen LogP contribution in [0.4, 0.5) is 13.6 Å². The second kappa shape index (κ2) is 7.47. The van der Waals surface area contributed by atoms with Crippen LogP contribution in [0.1, 0.15) is 34.5 Å². The number of benzene rings is 1. The minimum atomic E-state index is -1.47. The summed E-state index contributed by atoms with van der Waals surface area (Å²) in [6.45, 7) is 3.37. The van der Waals surface area contributed by atoms with Gasteiger partial charge >= 0.3 is 6.03 Å². The third-order valence-corrected chi connectivity index (χ3v) is 4.24. The molecular formula is C15H17F2N3O2S. The fourth-order valence-electron chi connectivity index (χ4n) is 2.00. The second-order valence-electron chi connectivity index (χ2n) is 5.04. The van der Waals surface area contributed by atoms with Crippen LogP contribution in [0.3, 0.4) is 0 Å². The smallest absolute Gasteiger partial charge is 0.315 e. The molecule has 2 rings (SSSR count). The first-order chi connectivity index (χ1) is 10.9. The molecule has 0 aliphatic carbocycles. The zero-order valence-corrected chi connectivity index (χ0v) is 13.5. The largest absolute Gasteiger partial charge is 0.386 e. The number of carbonyl (C=O) groups excluding carboxylic acids is 1. The van der Waals surface area contributed by atoms with E-state index in [0.717, 1.165) is 22.0 Å². The number of thiazole rings is 1. The summed E-state index contributed by atoms with van der Waals surface area (Å²) in [6, 6.07) is 2.44. The number of halogens is 2. The highest BCUT2D eigenvalue weighted by Gasteiger charge is 2.19. The van der Waals surface area contributed by atoms with Crippen LogP contribution in [0.25, 0.3) is 0 Å². The number of nitrogens with one attached hydrogen (secondary N) is 2. The van der Waals surface area contributed by atoms with Crippen LogP contribution in [0.5, 0.6) is 0 Å². The van der Waals surface area contributed by atoms with Crippen molar-refractivity contribution < 1.29 is 18.7 Å². The van der Waals surface area contributed by atoms with E-state index in [0.29, 0.717) is 0 Å². The molecule has 3 N–H and O–H groups in total. The molecule has 0 aliphatic rings. The molecule has 1 aromatic heterocycles. The quantitative estimate of drug-likeness (QED) is 0.783. The molecule has 0 fully saturated rings. The van der Waals surface area contributed by atoms with E-state index in [2.05, 4.69) is 15.6 Å². The van der Waals surface area contributed by atoms with Crippen LogP contribution in [0, 0.1) is 18.6 Å². The van der Waals surface area contributed by atoms with Crippen molar-refractivity contribution in [2.45, 2.75) is 26.0 Å². The highest BCUT2D eigenvalue weighted by molar-refractivity contribution is 7.11. The average molecular weight is 341 g/mol. The maximum Gasteiger partial charge on any atom is 0.315 e. The van der Waals surface area contributed by atoms with Crippen molar-refractivity contribution in [1.82, 2.24) is 15.6 Å². The predicted molar refractivity (Wildman–Crippen MR) is 83.1 cm³/mol. The third-order valence-electron chi connectivity index (χ3n) is 3.15. The monoisotopic (exact) mass is 341 g/mol. The van der Waals surface area contributed by atoms with Crippen molar-refractivity contribution in [2.24, 2.45) is 0 Å². The molecular weight excluding hydrogens is 324 g/mol. The van der Waals surface area contributed by atoms with Gasteiger partial charge in [0.15, 0.2) is 0 Å². The Kier molecular flexibility index (Phi) is 5.62. The van der Waals surface area contributed by atoms with Crippen molar-refractivity contribution in [3.05, 3.63) is 51.5 Å². The van der Waals surface area contributed by atoms with Crippen LogP contribution in [-0.2, 0) is 0 Å². The normalized spacial score (nSPS) is 13.4. The zero-order valence-electron chi connectivity index (χ0n) is 12.6. The first-order valence-electron chi connectivity index (χ1n) is 6.97. The lowest BCUT2D eigenvalue weighted by Crippen LogP contribution is -2.39. The summed E-state index contributed by atoms with van der Waals surface area (Å²) in [5.41, 5.74) is -0.462. The number of hydrogen-bond acceptors (Lipinski definition) is 4. The van der Waals surface area contributed by atoms with Crippen LogP contribution in [0.2, 0.25) is 0 Å². The van der Waals surface area contributed by atoms with Gasteiger partial charge in [-0.2, -0.15) is 0 Å². The number of hydrogen-bond donors (Lipinski definition) is 3. The van der Waals surface area contributed by atoms with Gasteiger partial charge in [-0.05, 0) is 26.0 Å². The Labute approximate surface area is 136 Å². The number of aliphatic hydroxyl groups excluding tert-OH is 1. The van der Waals surface area contributed by atoms with E-state index in [1.54, 1.807) is 13.1 Å². The number of nitrogens with zero attached hydrogens (tertiary/aromatic N) is 1. The van der Waals surface area contributed by atoms with Crippen molar-refractivity contribution in [3.63, 3.8) is 0 Å². The molecule has 0 bridgehead atoms. The maximum atomic E-state index is 13.5. The number of carbonyl (C=O) groups is 1. The zero-order chi connectivity index (χ0) is 17.0. The Morgan fingerprint density at radius 2 is 2.04 bits per heavy atom. The van der Waals surface area contributed by atoms with Gasteiger partial charge in [-0.25, -0.2) is 18.6 Å². The molecule has 0 aliphatic heterocycles. The van der Waals surface area contributed by atoms with E-state index in [4.69, 9.17) is 0 Å². The van der Waals surface area contributed by atoms with Gasteiger partial charge in [0.05, 0.1) is 11.6 Å². The first kappa shape index (κ1) is 17.3. The summed E-state index contributed by atoms with van der Waals surface area (Å²) in [4.78, 5) is 17.0. The molecule has 2 aromatic rings. The highest BCUT2D eigenvalue weighted by atomic mass is 32.1. The summed E-state index contributed by atoms with van der Waals surface area (Å²) in [7, 11) is 0. The van der Waals surface area contributed by atoms with Gasteiger partial charge in [-0.15, -0.1) is 11.3 Å². The number of urea groups is 1.